The van der Waals surface area contributed by atoms with Crippen LogP contribution in [-0.4, -0.2) is 9.97 Å². The fourth-order valence-corrected chi connectivity index (χ4v) is 1.76. The van der Waals surface area contributed by atoms with Crippen LogP contribution in [0.2, 0.25) is 5.15 Å². The van der Waals surface area contributed by atoms with Crippen molar-refractivity contribution in [2.75, 3.05) is 5.73 Å². The first-order chi connectivity index (χ1) is 8.08. The smallest absolute Gasteiger partial charge is 0.136 e. The summed E-state index contributed by atoms with van der Waals surface area (Å²) in [6.45, 7) is 4.24. The highest BCUT2D eigenvalue weighted by atomic mass is 35.5. The van der Waals surface area contributed by atoms with Crippen LogP contribution in [0, 0.1) is 0 Å². The first kappa shape index (κ1) is 11.9. The van der Waals surface area contributed by atoms with E-state index in [1.165, 1.54) is 0 Å². The molecule has 17 heavy (non-hydrogen) atoms. The molecule has 2 aromatic heterocycles. The Bertz CT molecular complexity index is 521. The van der Waals surface area contributed by atoms with Crippen molar-refractivity contribution >= 4 is 17.4 Å². The summed E-state index contributed by atoms with van der Waals surface area (Å²) < 4.78 is 0. The van der Waals surface area contributed by atoms with E-state index >= 15 is 0 Å². The van der Waals surface area contributed by atoms with Crippen molar-refractivity contribution in [2.45, 2.75) is 19.8 Å². The van der Waals surface area contributed by atoms with Crippen LogP contribution in [-0.2, 0) is 0 Å². The average Bonchev–Trinajstić information content (AvgIpc) is 2.31. The Hall–Kier alpha value is -1.61. The van der Waals surface area contributed by atoms with Crippen LogP contribution in [0.15, 0.2) is 30.6 Å². The largest absolute Gasteiger partial charge is 0.384 e. The third-order valence-corrected chi connectivity index (χ3v) is 2.93. The number of nitrogens with two attached hydrogens (primary N) is 1. The molecule has 0 aromatic carbocycles. The van der Waals surface area contributed by atoms with E-state index in [1.54, 1.807) is 18.5 Å². The minimum absolute atomic E-state index is 0.417. The molecule has 3 nitrogen and oxygen atoms in total. The molecule has 0 saturated carbocycles. The highest BCUT2D eigenvalue weighted by molar-refractivity contribution is 6.32. The molecule has 2 rings (SSSR count). The summed E-state index contributed by atoms with van der Waals surface area (Å²) in [7, 11) is 0. The predicted molar refractivity (Wildman–Crippen MR) is 71.0 cm³/mol. The van der Waals surface area contributed by atoms with Crippen molar-refractivity contribution in [3.8, 4) is 11.1 Å². The third-order valence-electron chi connectivity index (χ3n) is 2.62. The van der Waals surface area contributed by atoms with Gasteiger partial charge in [-0.15, -0.1) is 0 Å². The molecule has 0 aliphatic carbocycles. The van der Waals surface area contributed by atoms with E-state index in [0.717, 1.165) is 16.7 Å². The molecule has 0 spiro atoms. The van der Waals surface area contributed by atoms with Gasteiger partial charge in [0.15, 0.2) is 0 Å². The van der Waals surface area contributed by atoms with Crippen molar-refractivity contribution in [3.05, 3.63) is 41.3 Å². The van der Waals surface area contributed by atoms with Gasteiger partial charge in [-0.05, 0) is 29.7 Å². The molecule has 88 valence electrons. The maximum atomic E-state index is 6.11. The summed E-state index contributed by atoms with van der Waals surface area (Å²) in [5.74, 6) is 0.915. The second kappa shape index (κ2) is 4.72. The fraction of sp³-hybridized carbons (Fsp3) is 0.231. The van der Waals surface area contributed by atoms with E-state index in [2.05, 4.69) is 23.8 Å². The minimum Gasteiger partial charge on any atom is -0.384 e. The fourth-order valence-electron chi connectivity index (χ4n) is 1.55. The summed E-state index contributed by atoms with van der Waals surface area (Å²) >= 11 is 6.11. The lowest BCUT2D eigenvalue weighted by Crippen LogP contribution is -1.93. The lowest BCUT2D eigenvalue weighted by Gasteiger charge is -2.09. The molecule has 2 N–H and O–H groups in total. The highest BCUT2D eigenvalue weighted by Crippen LogP contribution is 2.28. The summed E-state index contributed by atoms with van der Waals surface area (Å²) in [4.78, 5) is 8.27. The number of halogens is 1. The van der Waals surface area contributed by atoms with Gasteiger partial charge in [0.1, 0.15) is 11.0 Å². The maximum absolute atomic E-state index is 6.11. The molecule has 0 fully saturated rings. The van der Waals surface area contributed by atoms with E-state index in [9.17, 15) is 0 Å². The van der Waals surface area contributed by atoms with Crippen molar-refractivity contribution in [3.63, 3.8) is 0 Å². The van der Waals surface area contributed by atoms with Gasteiger partial charge in [0, 0.05) is 23.5 Å². The Labute approximate surface area is 106 Å². The number of hydrogen-bond acceptors (Lipinski definition) is 3. The predicted octanol–water partition coefficient (Wildman–Crippen LogP) is 3.50. The second-order valence-corrected chi connectivity index (χ2v) is 4.59. The van der Waals surface area contributed by atoms with Crippen LogP contribution in [0.25, 0.3) is 11.1 Å². The summed E-state index contributed by atoms with van der Waals surface area (Å²) in [5.41, 5.74) is 8.54. The van der Waals surface area contributed by atoms with Crippen molar-refractivity contribution in [2.24, 2.45) is 0 Å². The topological polar surface area (TPSA) is 51.8 Å². The Kier molecular flexibility index (Phi) is 3.29. The van der Waals surface area contributed by atoms with Crippen LogP contribution >= 0.6 is 11.6 Å². The standard InChI is InChI=1S/C13H14ClN3/c1-8(2)10-5-11(13(14)17-7-10)9-3-4-12(15)16-6-9/h3-8H,1-2H3,(H2,15,16). The molecule has 0 bridgehead atoms. The van der Waals surface area contributed by atoms with Gasteiger partial charge in [0.05, 0.1) is 0 Å². The summed E-state index contributed by atoms with van der Waals surface area (Å²) in [5, 5.41) is 0.487. The van der Waals surface area contributed by atoms with Crippen LogP contribution < -0.4 is 5.73 Å². The van der Waals surface area contributed by atoms with Gasteiger partial charge >= 0.3 is 0 Å². The zero-order valence-corrected chi connectivity index (χ0v) is 10.6. The Morgan fingerprint density at radius 2 is 1.94 bits per heavy atom. The molecule has 0 amide bonds. The molecular formula is C13H14ClN3. The van der Waals surface area contributed by atoms with Gasteiger partial charge in [0.2, 0.25) is 0 Å². The van der Waals surface area contributed by atoms with E-state index in [4.69, 9.17) is 17.3 Å². The van der Waals surface area contributed by atoms with Crippen LogP contribution in [0.3, 0.4) is 0 Å². The lowest BCUT2D eigenvalue weighted by atomic mass is 10.0. The number of aromatic nitrogens is 2. The number of nitrogen functional groups attached to an aromatic ring is 1. The van der Waals surface area contributed by atoms with Gasteiger partial charge in [-0.2, -0.15) is 0 Å². The highest BCUT2D eigenvalue weighted by Gasteiger charge is 2.08. The number of pyridine rings is 2. The van der Waals surface area contributed by atoms with Crippen LogP contribution in [0.4, 0.5) is 5.82 Å². The zero-order valence-electron chi connectivity index (χ0n) is 9.81. The first-order valence-electron chi connectivity index (χ1n) is 5.45. The molecule has 2 aromatic rings. The van der Waals surface area contributed by atoms with Gasteiger partial charge in [-0.1, -0.05) is 25.4 Å². The molecule has 4 heteroatoms. The van der Waals surface area contributed by atoms with E-state index < -0.39 is 0 Å². The minimum atomic E-state index is 0.417. The molecule has 0 aliphatic heterocycles. The summed E-state index contributed by atoms with van der Waals surface area (Å²) in [6, 6.07) is 5.70. The van der Waals surface area contributed by atoms with Crippen LogP contribution in [0.5, 0.6) is 0 Å². The van der Waals surface area contributed by atoms with Gasteiger partial charge in [0.25, 0.3) is 0 Å². The number of nitrogens with zero attached hydrogens (tertiary/aromatic N) is 2. The van der Waals surface area contributed by atoms with E-state index in [0.29, 0.717) is 16.9 Å². The number of hydrogen-bond donors (Lipinski definition) is 1. The number of anilines is 1. The van der Waals surface area contributed by atoms with Crippen molar-refractivity contribution in [1.29, 1.82) is 0 Å². The molecule has 2 heterocycles. The normalized spacial score (nSPS) is 10.8. The van der Waals surface area contributed by atoms with Crippen LogP contribution in [0.1, 0.15) is 25.3 Å². The summed E-state index contributed by atoms with van der Waals surface area (Å²) in [6.07, 6.45) is 3.52. The zero-order chi connectivity index (χ0) is 12.4. The average molecular weight is 248 g/mol. The van der Waals surface area contributed by atoms with Crippen molar-refractivity contribution < 1.29 is 0 Å². The molecule has 0 unspecified atom stereocenters. The van der Waals surface area contributed by atoms with E-state index in [-0.39, 0.29) is 0 Å². The monoisotopic (exact) mass is 247 g/mol. The lowest BCUT2D eigenvalue weighted by molar-refractivity contribution is 0.859. The van der Waals surface area contributed by atoms with Gasteiger partial charge in [-0.3, -0.25) is 0 Å². The molecule has 0 atom stereocenters. The SMILES string of the molecule is CC(C)c1cnc(Cl)c(-c2ccc(N)nc2)c1. The first-order valence-corrected chi connectivity index (χ1v) is 5.83. The molecular weight excluding hydrogens is 234 g/mol. The van der Waals surface area contributed by atoms with E-state index in [1.807, 2.05) is 12.1 Å². The number of rotatable bonds is 2. The molecule has 0 radical (unpaired) electrons. The van der Waals surface area contributed by atoms with Crippen molar-refractivity contribution in [1.82, 2.24) is 9.97 Å². The Morgan fingerprint density at radius 1 is 1.18 bits per heavy atom. The molecule has 0 aliphatic rings. The third kappa shape index (κ3) is 2.56. The Morgan fingerprint density at radius 3 is 2.53 bits per heavy atom. The second-order valence-electron chi connectivity index (χ2n) is 4.23. The van der Waals surface area contributed by atoms with Gasteiger partial charge in [-0.25, -0.2) is 9.97 Å². The Balaban J connectivity index is 2.50. The van der Waals surface area contributed by atoms with Gasteiger partial charge < -0.3 is 5.73 Å². The maximum Gasteiger partial charge on any atom is 0.136 e. The quantitative estimate of drug-likeness (QED) is 0.827. The molecule has 0 saturated heterocycles.